The molecule has 0 atom stereocenters. The first-order chi connectivity index (χ1) is 28.0. The second kappa shape index (κ2) is 13.0. The zero-order valence-electron chi connectivity index (χ0n) is 31.9. The molecule has 0 radical (unpaired) electrons. The van der Waals surface area contributed by atoms with Gasteiger partial charge < -0.3 is 9.32 Å². The highest BCUT2D eigenvalue weighted by Crippen LogP contribution is 2.52. The maximum absolute atomic E-state index is 6.94. The van der Waals surface area contributed by atoms with Crippen LogP contribution in [-0.4, -0.2) is 0 Å². The summed E-state index contributed by atoms with van der Waals surface area (Å²) in [7, 11) is 0. The number of para-hydroxylation sites is 1. The molecule has 0 spiro atoms. The number of benzene rings is 9. The molecule has 1 aliphatic rings. The lowest BCUT2D eigenvalue weighted by Gasteiger charge is -2.28. The van der Waals surface area contributed by atoms with Crippen LogP contribution in [0.2, 0.25) is 0 Å². The number of furan rings is 1. The van der Waals surface area contributed by atoms with Crippen LogP contribution in [-0.2, 0) is 5.41 Å². The van der Waals surface area contributed by atoms with Gasteiger partial charge in [0.25, 0.3) is 0 Å². The second-order valence-electron chi connectivity index (χ2n) is 15.7. The molecular formula is C55H39NO. The van der Waals surface area contributed by atoms with E-state index in [1.165, 1.54) is 55.3 Å². The fraction of sp³-hybridized carbons (Fsp3) is 0.0545. The van der Waals surface area contributed by atoms with Crippen LogP contribution in [0.3, 0.4) is 0 Å². The third-order valence-electron chi connectivity index (χ3n) is 12.0. The first-order valence-electron chi connectivity index (χ1n) is 19.8. The maximum Gasteiger partial charge on any atom is 0.137 e. The van der Waals surface area contributed by atoms with Crippen molar-refractivity contribution >= 4 is 49.8 Å². The quantitative estimate of drug-likeness (QED) is 0.169. The van der Waals surface area contributed by atoms with Gasteiger partial charge in [-0.25, -0.2) is 0 Å². The number of hydrogen-bond acceptors (Lipinski definition) is 2. The summed E-state index contributed by atoms with van der Waals surface area (Å²) in [5, 5.41) is 4.58. The van der Waals surface area contributed by atoms with Crippen molar-refractivity contribution < 1.29 is 4.42 Å². The molecule has 0 N–H and O–H groups in total. The smallest absolute Gasteiger partial charge is 0.137 e. The van der Waals surface area contributed by atoms with Crippen molar-refractivity contribution in [2.45, 2.75) is 19.3 Å². The van der Waals surface area contributed by atoms with E-state index in [1.54, 1.807) is 0 Å². The summed E-state index contributed by atoms with van der Waals surface area (Å²) in [5.41, 5.74) is 17.3. The third kappa shape index (κ3) is 5.33. The molecule has 0 amide bonds. The summed E-state index contributed by atoms with van der Waals surface area (Å²) >= 11 is 0. The Labute approximate surface area is 332 Å². The SMILES string of the molecule is CC1(C)c2ccccc2-c2ccc(N(c3ccccc3)c3cccc4oc5cc(-c6cc(-c7ccccc7)cc(-c7ccccc7)c6)c6ccccc6c5c34)cc21. The predicted octanol–water partition coefficient (Wildman–Crippen LogP) is 15.5. The Kier molecular flexibility index (Phi) is 7.55. The van der Waals surface area contributed by atoms with E-state index in [2.05, 4.69) is 219 Å². The molecule has 1 heterocycles. The average Bonchev–Trinajstić information content (AvgIpc) is 3.77. The van der Waals surface area contributed by atoms with Crippen molar-refractivity contribution in [3.63, 3.8) is 0 Å². The zero-order valence-corrected chi connectivity index (χ0v) is 31.9. The fourth-order valence-corrected chi connectivity index (χ4v) is 9.30. The third-order valence-corrected chi connectivity index (χ3v) is 12.0. The van der Waals surface area contributed by atoms with Crippen LogP contribution < -0.4 is 4.90 Å². The van der Waals surface area contributed by atoms with Crippen LogP contribution in [0.25, 0.3) is 77.2 Å². The van der Waals surface area contributed by atoms with Gasteiger partial charge in [0.1, 0.15) is 11.2 Å². The number of fused-ring (bicyclic) bond motifs is 8. The number of anilines is 3. The molecule has 10 aromatic rings. The van der Waals surface area contributed by atoms with Crippen LogP contribution in [0, 0.1) is 0 Å². The van der Waals surface area contributed by atoms with Crippen molar-refractivity contribution in [1.82, 2.24) is 0 Å². The average molecular weight is 730 g/mol. The molecule has 0 saturated heterocycles. The first-order valence-corrected chi connectivity index (χ1v) is 19.8. The van der Waals surface area contributed by atoms with Gasteiger partial charge in [0.15, 0.2) is 0 Å². The number of rotatable bonds is 6. The van der Waals surface area contributed by atoms with Gasteiger partial charge in [-0.15, -0.1) is 0 Å². The van der Waals surface area contributed by atoms with Crippen LogP contribution in [0.15, 0.2) is 205 Å². The molecule has 9 aromatic carbocycles. The van der Waals surface area contributed by atoms with E-state index in [4.69, 9.17) is 4.42 Å². The van der Waals surface area contributed by atoms with E-state index in [0.29, 0.717) is 0 Å². The summed E-state index contributed by atoms with van der Waals surface area (Å²) < 4.78 is 6.94. The van der Waals surface area contributed by atoms with Gasteiger partial charge in [-0.3, -0.25) is 0 Å². The van der Waals surface area contributed by atoms with Crippen LogP contribution in [0.1, 0.15) is 25.0 Å². The predicted molar refractivity (Wildman–Crippen MR) is 240 cm³/mol. The van der Waals surface area contributed by atoms with Crippen molar-refractivity contribution in [3.05, 3.63) is 211 Å². The topological polar surface area (TPSA) is 16.4 Å². The van der Waals surface area contributed by atoms with Crippen LogP contribution in [0.5, 0.6) is 0 Å². The van der Waals surface area contributed by atoms with E-state index in [0.717, 1.165) is 50.1 Å². The highest BCUT2D eigenvalue weighted by Gasteiger charge is 2.36. The number of hydrogen-bond donors (Lipinski definition) is 0. The molecule has 270 valence electrons. The Morgan fingerprint density at radius 1 is 0.368 bits per heavy atom. The Morgan fingerprint density at radius 2 is 0.965 bits per heavy atom. The van der Waals surface area contributed by atoms with Crippen molar-refractivity contribution in [2.75, 3.05) is 4.90 Å². The Morgan fingerprint density at radius 3 is 1.68 bits per heavy atom. The Bertz CT molecular complexity index is 3080. The van der Waals surface area contributed by atoms with Gasteiger partial charge in [-0.2, -0.15) is 0 Å². The van der Waals surface area contributed by atoms with Gasteiger partial charge >= 0.3 is 0 Å². The minimum atomic E-state index is -0.122. The molecule has 1 aliphatic carbocycles. The molecule has 2 heteroatoms. The molecule has 0 aliphatic heterocycles. The minimum absolute atomic E-state index is 0.122. The van der Waals surface area contributed by atoms with Crippen molar-refractivity contribution in [3.8, 4) is 44.5 Å². The van der Waals surface area contributed by atoms with Gasteiger partial charge in [0, 0.05) is 22.2 Å². The minimum Gasteiger partial charge on any atom is -0.456 e. The Hall–Kier alpha value is -7.16. The van der Waals surface area contributed by atoms with Crippen molar-refractivity contribution in [2.24, 2.45) is 0 Å². The molecule has 0 unspecified atom stereocenters. The standard InChI is InChI=1S/C55H39NO/c1-55(2)48-26-15-14-24-44(48)45-30-29-42(34-49(45)55)56(41-21-10-5-11-22-41)50-27-16-28-51-54(50)53-46-25-13-12-23-43(46)47(35-52(53)57-51)40-32-38(36-17-6-3-7-18-36)31-39(33-40)37-19-8-4-9-20-37/h3-35H,1-2H3. The lowest BCUT2D eigenvalue weighted by Crippen LogP contribution is -2.16. The lowest BCUT2D eigenvalue weighted by molar-refractivity contribution is 0.660. The van der Waals surface area contributed by atoms with Gasteiger partial charge in [-0.1, -0.05) is 153 Å². The molecule has 2 nitrogen and oxygen atoms in total. The molecule has 0 bridgehead atoms. The van der Waals surface area contributed by atoms with Gasteiger partial charge in [0.2, 0.25) is 0 Å². The summed E-state index contributed by atoms with van der Waals surface area (Å²) in [6.45, 7) is 4.70. The van der Waals surface area contributed by atoms with Gasteiger partial charge in [0.05, 0.1) is 11.1 Å². The van der Waals surface area contributed by atoms with Gasteiger partial charge in [-0.05, 0) is 127 Å². The molecule has 11 rings (SSSR count). The van der Waals surface area contributed by atoms with E-state index < -0.39 is 0 Å². The molecule has 0 fully saturated rings. The molecule has 57 heavy (non-hydrogen) atoms. The summed E-state index contributed by atoms with van der Waals surface area (Å²) in [6, 6.07) is 72.5. The highest BCUT2D eigenvalue weighted by molar-refractivity contribution is 6.25. The molecule has 1 aromatic heterocycles. The highest BCUT2D eigenvalue weighted by atomic mass is 16.3. The summed E-state index contributed by atoms with van der Waals surface area (Å²) in [4.78, 5) is 2.41. The molecule has 0 saturated carbocycles. The number of nitrogens with zero attached hydrogens (tertiary/aromatic N) is 1. The van der Waals surface area contributed by atoms with Crippen LogP contribution >= 0.6 is 0 Å². The lowest BCUT2D eigenvalue weighted by atomic mass is 9.82. The normalized spacial score (nSPS) is 12.9. The Balaban J connectivity index is 1.15. The monoisotopic (exact) mass is 729 g/mol. The fourth-order valence-electron chi connectivity index (χ4n) is 9.30. The van der Waals surface area contributed by atoms with E-state index >= 15 is 0 Å². The largest absolute Gasteiger partial charge is 0.456 e. The van der Waals surface area contributed by atoms with E-state index in [1.807, 2.05) is 0 Å². The summed E-state index contributed by atoms with van der Waals surface area (Å²) in [5.74, 6) is 0. The second-order valence-corrected chi connectivity index (χ2v) is 15.7. The summed E-state index contributed by atoms with van der Waals surface area (Å²) in [6.07, 6.45) is 0. The molecular weight excluding hydrogens is 691 g/mol. The zero-order chi connectivity index (χ0) is 38.1. The van der Waals surface area contributed by atoms with Crippen LogP contribution in [0.4, 0.5) is 17.1 Å². The first kappa shape index (κ1) is 33.2. The van der Waals surface area contributed by atoms with E-state index in [9.17, 15) is 0 Å². The van der Waals surface area contributed by atoms with Crippen molar-refractivity contribution in [1.29, 1.82) is 0 Å². The maximum atomic E-state index is 6.94. The van der Waals surface area contributed by atoms with E-state index in [-0.39, 0.29) is 5.41 Å².